The molecule has 0 radical (unpaired) electrons. The molecule has 6 nitrogen and oxygen atoms in total. The van der Waals surface area contributed by atoms with Crippen LogP contribution in [0.4, 0.5) is 13.2 Å². The predicted molar refractivity (Wildman–Crippen MR) is 91.7 cm³/mol. The molecule has 0 saturated carbocycles. The summed E-state index contributed by atoms with van der Waals surface area (Å²) in [5.74, 6) is -1.77. The molecule has 2 rings (SSSR count). The maximum atomic E-state index is 13.6. The van der Waals surface area contributed by atoms with Crippen LogP contribution in [0.15, 0.2) is 30.5 Å². The van der Waals surface area contributed by atoms with Gasteiger partial charge in [-0.25, -0.2) is 4.68 Å². The maximum absolute atomic E-state index is 13.6. The highest BCUT2D eigenvalue weighted by Gasteiger charge is 2.40. The fraction of sp³-hybridized carbons (Fsp3) is 0.389. The highest BCUT2D eigenvalue weighted by molar-refractivity contribution is 5.95. The first kappa shape index (κ1) is 20.5. The van der Waals surface area contributed by atoms with Crippen molar-refractivity contribution in [2.24, 2.45) is 0 Å². The minimum Gasteiger partial charge on any atom is -0.481 e. The molecule has 0 spiro atoms. The summed E-state index contributed by atoms with van der Waals surface area (Å²) in [5, 5.41) is 14.8. The summed E-state index contributed by atoms with van der Waals surface area (Å²) in [5.41, 5.74) is -0.828. The Morgan fingerprint density at radius 3 is 2.52 bits per heavy atom. The number of aryl methyl sites for hydroxylation is 1. The Balaban J connectivity index is 2.14. The lowest BCUT2D eigenvalue weighted by molar-refractivity contribution is -0.143. The van der Waals surface area contributed by atoms with Gasteiger partial charge in [0.05, 0.1) is 17.4 Å². The summed E-state index contributed by atoms with van der Waals surface area (Å²) in [6, 6.07) is 6.46. The Hall–Kier alpha value is -2.84. The zero-order chi connectivity index (χ0) is 20.0. The number of carboxylic acids is 1. The summed E-state index contributed by atoms with van der Waals surface area (Å²) >= 11 is 0. The number of carboxylic acid groups (broad SMARTS) is 1. The molecular weight excluding hydrogens is 363 g/mol. The van der Waals surface area contributed by atoms with Crippen molar-refractivity contribution in [3.63, 3.8) is 0 Å². The largest absolute Gasteiger partial charge is 0.481 e. The highest BCUT2D eigenvalue weighted by atomic mass is 19.4. The van der Waals surface area contributed by atoms with Crippen LogP contribution in [0.3, 0.4) is 0 Å². The smallest absolute Gasteiger partial charge is 0.434 e. The summed E-state index contributed by atoms with van der Waals surface area (Å²) in [6.45, 7) is 1.82. The van der Waals surface area contributed by atoms with Crippen molar-refractivity contribution in [1.82, 2.24) is 15.1 Å². The molecule has 1 heterocycles. The van der Waals surface area contributed by atoms with E-state index in [1.807, 2.05) is 0 Å². The second kappa shape index (κ2) is 8.70. The number of nitrogens with one attached hydrogen (secondary N) is 1. The first-order chi connectivity index (χ1) is 12.7. The molecule has 0 aliphatic rings. The number of para-hydroxylation sites is 1. The average Bonchev–Trinajstić information content (AvgIpc) is 3.03. The molecule has 2 N–H and O–H groups in total. The molecule has 0 aliphatic carbocycles. The third kappa shape index (κ3) is 5.32. The van der Waals surface area contributed by atoms with E-state index in [9.17, 15) is 22.8 Å². The molecule has 1 aromatic carbocycles. The Morgan fingerprint density at radius 2 is 1.89 bits per heavy atom. The quantitative estimate of drug-likeness (QED) is 0.683. The van der Waals surface area contributed by atoms with Crippen LogP contribution in [0, 0.1) is 6.92 Å². The third-order valence-electron chi connectivity index (χ3n) is 3.98. The van der Waals surface area contributed by atoms with Gasteiger partial charge in [0.2, 0.25) is 0 Å². The SMILES string of the molecule is Cc1ccccc1-n1ncc(C(=O)NCCCCCC(=O)O)c1C(F)(F)F. The number of benzene rings is 1. The zero-order valence-corrected chi connectivity index (χ0v) is 14.7. The lowest BCUT2D eigenvalue weighted by Gasteiger charge is -2.14. The number of halogens is 3. The zero-order valence-electron chi connectivity index (χ0n) is 14.7. The normalized spacial score (nSPS) is 11.4. The van der Waals surface area contributed by atoms with Gasteiger partial charge in [-0.2, -0.15) is 18.3 Å². The predicted octanol–water partition coefficient (Wildman–Crippen LogP) is 3.57. The number of amides is 1. The Kier molecular flexibility index (Phi) is 6.59. The number of aliphatic carboxylic acids is 1. The van der Waals surface area contributed by atoms with E-state index in [1.54, 1.807) is 25.1 Å². The van der Waals surface area contributed by atoms with Crippen molar-refractivity contribution in [3.8, 4) is 5.69 Å². The summed E-state index contributed by atoms with van der Waals surface area (Å²) in [7, 11) is 0. The summed E-state index contributed by atoms with van der Waals surface area (Å²) in [6.07, 6.45) is -2.34. The number of alkyl halides is 3. The topological polar surface area (TPSA) is 84.2 Å². The lowest BCUT2D eigenvalue weighted by atomic mass is 10.1. The number of nitrogens with zero attached hydrogens (tertiary/aromatic N) is 2. The Labute approximate surface area is 154 Å². The molecule has 9 heteroatoms. The molecule has 27 heavy (non-hydrogen) atoms. The van der Waals surface area contributed by atoms with Crippen LogP contribution in [0.1, 0.15) is 47.3 Å². The first-order valence-corrected chi connectivity index (χ1v) is 8.43. The molecule has 0 unspecified atom stereocenters. The molecule has 0 atom stereocenters. The van der Waals surface area contributed by atoms with Crippen molar-refractivity contribution < 1.29 is 27.9 Å². The molecule has 0 bridgehead atoms. The molecule has 1 aromatic heterocycles. The lowest BCUT2D eigenvalue weighted by Crippen LogP contribution is -2.27. The standard InChI is InChI=1S/C18H20F3N3O3/c1-12-7-4-5-8-14(12)24-16(18(19,20)21)13(11-23-24)17(27)22-10-6-2-3-9-15(25)26/h4-5,7-8,11H,2-3,6,9-10H2,1H3,(H,22,27)(H,25,26). The first-order valence-electron chi connectivity index (χ1n) is 8.43. The summed E-state index contributed by atoms with van der Waals surface area (Å²) in [4.78, 5) is 22.6. The summed E-state index contributed by atoms with van der Waals surface area (Å²) < 4.78 is 41.5. The number of unbranched alkanes of at least 4 members (excludes halogenated alkanes) is 2. The van der Waals surface area contributed by atoms with Crippen LogP contribution in [0.25, 0.3) is 5.69 Å². The van der Waals surface area contributed by atoms with E-state index in [-0.39, 0.29) is 18.7 Å². The Bertz CT molecular complexity index is 816. The molecule has 0 aliphatic heterocycles. The molecule has 1 amide bonds. The fourth-order valence-corrected chi connectivity index (χ4v) is 2.65. The van der Waals surface area contributed by atoms with Gasteiger partial charge in [0.15, 0.2) is 5.69 Å². The number of aromatic nitrogens is 2. The maximum Gasteiger partial charge on any atom is 0.434 e. The second-order valence-electron chi connectivity index (χ2n) is 6.06. The van der Waals surface area contributed by atoms with Gasteiger partial charge in [0, 0.05) is 13.0 Å². The van der Waals surface area contributed by atoms with Crippen LogP contribution in [0.5, 0.6) is 0 Å². The van der Waals surface area contributed by atoms with Gasteiger partial charge in [-0.3, -0.25) is 9.59 Å². The van der Waals surface area contributed by atoms with Crippen LogP contribution in [-0.4, -0.2) is 33.3 Å². The number of carbonyl (C=O) groups is 2. The van der Waals surface area contributed by atoms with Crippen molar-refractivity contribution in [1.29, 1.82) is 0 Å². The number of hydrogen-bond donors (Lipinski definition) is 2. The van der Waals surface area contributed by atoms with Gasteiger partial charge in [-0.15, -0.1) is 0 Å². The second-order valence-corrected chi connectivity index (χ2v) is 6.06. The van der Waals surface area contributed by atoms with Crippen molar-refractivity contribution in [3.05, 3.63) is 47.3 Å². The van der Waals surface area contributed by atoms with Gasteiger partial charge >= 0.3 is 12.1 Å². The van der Waals surface area contributed by atoms with E-state index in [2.05, 4.69) is 10.4 Å². The van der Waals surface area contributed by atoms with Gasteiger partial charge < -0.3 is 10.4 Å². The monoisotopic (exact) mass is 383 g/mol. The van der Waals surface area contributed by atoms with Crippen LogP contribution < -0.4 is 5.32 Å². The van der Waals surface area contributed by atoms with Crippen LogP contribution in [0.2, 0.25) is 0 Å². The van der Waals surface area contributed by atoms with Crippen LogP contribution in [-0.2, 0) is 11.0 Å². The van der Waals surface area contributed by atoms with Gasteiger partial charge in [-0.1, -0.05) is 24.6 Å². The van der Waals surface area contributed by atoms with Crippen molar-refractivity contribution >= 4 is 11.9 Å². The van der Waals surface area contributed by atoms with E-state index >= 15 is 0 Å². The molecular formula is C18H20F3N3O3. The molecule has 0 fully saturated rings. The van der Waals surface area contributed by atoms with Gasteiger partial charge in [-0.05, 0) is 31.4 Å². The highest BCUT2D eigenvalue weighted by Crippen LogP contribution is 2.34. The van der Waals surface area contributed by atoms with E-state index < -0.39 is 29.3 Å². The van der Waals surface area contributed by atoms with Crippen molar-refractivity contribution in [2.45, 2.75) is 38.8 Å². The molecule has 146 valence electrons. The molecule has 0 saturated heterocycles. The van der Waals surface area contributed by atoms with Gasteiger partial charge in [0.25, 0.3) is 5.91 Å². The average molecular weight is 383 g/mol. The number of rotatable bonds is 8. The Morgan fingerprint density at radius 1 is 1.19 bits per heavy atom. The minimum absolute atomic E-state index is 0.0232. The van der Waals surface area contributed by atoms with E-state index in [1.165, 1.54) is 6.07 Å². The minimum atomic E-state index is -4.76. The van der Waals surface area contributed by atoms with E-state index in [4.69, 9.17) is 5.11 Å². The third-order valence-corrected chi connectivity index (χ3v) is 3.98. The fourth-order valence-electron chi connectivity index (χ4n) is 2.65. The number of hydrogen-bond acceptors (Lipinski definition) is 3. The van der Waals surface area contributed by atoms with Crippen molar-refractivity contribution in [2.75, 3.05) is 6.54 Å². The van der Waals surface area contributed by atoms with E-state index in [0.29, 0.717) is 24.8 Å². The van der Waals surface area contributed by atoms with E-state index in [0.717, 1.165) is 10.9 Å². The van der Waals surface area contributed by atoms with Crippen LogP contribution >= 0.6 is 0 Å². The van der Waals surface area contributed by atoms with Gasteiger partial charge in [0.1, 0.15) is 0 Å². The number of carbonyl (C=O) groups excluding carboxylic acids is 1. The molecule has 2 aromatic rings.